The number of aromatic nitrogens is 3. The van der Waals surface area contributed by atoms with Gasteiger partial charge in [-0.05, 0) is 40.6 Å². The molecule has 2 heterocycles. The van der Waals surface area contributed by atoms with Crippen LogP contribution in [-0.2, 0) is 0 Å². The molecule has 2 aromatic heterocycles. The molecule has 0 spiro atoms. The number of para-hydroxylation sites is 1. The van der Waals surface area contributed by atoms with E-state index in [1.165, 1.54) is 0 Å². The highest BCUT2D eigenvalue weighted by molar-refractivity contribution is 9.10. The van der Waals surface area contributed by atoms with Crippen LogP contribution < -0.4 is 0 Å². The first kappa shape index (κ1) is 13.6. The molecule has 24 heavy (non-hydrogen) atoms. The van der Waals surface area contributed by atoms with Gasteiger partial charge in [0.15, 0.2) is 0 Å². The van der Waals surface area contributed by atoms with Crippen molar-refractivity contribution in [3.05, 3.63) is 65.1 Å². The maximum Gasteiger partial charge on any atom is 0.143 e. The van der Waals surface area contributed by atoms with Gasteiger partial charge in [-0.15, -0.1) is 0 Å². The molecule has 0 N–H and O–H groups in total. The number of nitrogens with zero attached hydrogens (tertiary/aromatic N) is 3. The first-order chi connectivity index (χ1) is 11.8. The third kappa shape index (κ3) is 1.95. The molecular formula is C19H10BrN3O. The number of rotatable bonds is 1. The summed E-state index contributed by atoms with van der Waals surface area (Å²) >= 11 is 3.48. The molecule has 0 unspecified atom stereocenters. The Bertz CT molecular complexity index is 1210. The lowest BCUT2D eigenvalue weighted by Crippen LogP contribution is -1.90. The Balaban J connectivity index is 2.01. The van der Waals surface area contributed by atoms with Gasteiger partial charge in [0.2, 0.25) is 0 Å². The summed E-state index contributed by atoms with van der Waals surface area (Å²) in [7, 11) is 0. The number of benzene rings is 3. The summed E-state index contributed by atoms with van der Waals surface area (Å²) in [4.78, 5) is 4.90. The predicted molar refractivity (Wildman–Crippen MR) is 97.7 cm³/mol. The predicted octanol–water partition coefficient (Wildman–Crippen LogP) is 5.35. The lowest BCUT2D eigenvalue weighted by Gasteiger charge is -2.10. The van der Waals surface area contributed by atoms with Gasteiger partial charge in [0.25, 0.3) is 0 Å². The third-order valence-electron chi connectivity index (χ3n) is 4.21. The van der Waals surface area contributed by atoms with Gasteiger partial charge < -0.3 is 0 Å². The minimum absolute atomic E-state index is 0.751. The Morgan fingerprint density at radius 1 is 0.750 bits per heavy atom. The molecule has 0 bridgehead atoms. The van der Waals surface area contributed by atoms with Crippen molar-refractivity contribution in [3.8, 4) is 11.3 Å². The lowest BCUT2D eigenvalue weighted by atomic mass is 9.99. The van der Waals surface area contributed by atoms with Gasteiger partial charge in [-0.1, -0.05) is 46.3 Å². The molecule has 114 valence electrons. The molecule has 0 fully saturated rings. The minimum atomic E-state index is 0.751. The average molecular weight is 376 g/mol. The number of hydrogen-bond acceptors (Lipinski definition) is 4. The fourth-order valence-corrected chi connectivity index (χ4v) is 3.38. The second-order valence-electron chi connectivity index (χ2n) is 5.60. The largest absolute Gasteiger partial charge is 0.247 e. The summed E-state index contributed by atoms with van der Waals surface area (Å²) in [6, 6.07) is 20.2. The zero-order chi connectivity index (χ0) is 16.1. The molecule has 0 aliphatic heterocycles. The molecule has 0 saturated carbocycles. The normalized spacial score (nSPS) is 11.5. The first-order valence-electron chi connectivity index (χ1n) is 7.51. The molecule has 0 saturated heterocycles. The Kier molecular flexibility index (Phi) is 2.90. The first-order valence-corrected chi connectivity index (χ1v) is 8.30. The molecule has 0 amide bonds. The van der Waals surface area contributed by atoms with E-state index in [2.05, 4.69) is 44.4 Å². The smallest absolute Gasteiger partial charge is 0.143 e. The highest BCUT2D eigenvalue weighted by atomic mass is 79.9. The van der Waals surface area contributed by atoms with Gasteiger partial charge in [-0.2, -0.15) is 0 Å². The topological polar surface area (TPSA) is 51.8 Å². The van der Waals surface area contributed by atoms with Crippen molar-refractivity contribution >= 4 is 48.6 Å². The SMILES string of the molecule is Brc1ccc(-c2nc3ccccc3c3c2ccc2nonc23)cc1. The molecule has 5 heteroatoms. The number of fused-ring (bicyclic) bond motifs is 5. The summed E-state index contributed by atoms with van der Waals surface area (Å²) in [5.41, 5.74) is 4.44. The fraction of sp³-hybridized carbons (Fsp3) is 0. The van der Waals surface area contributed by atoms with Crippen LogP contribution in [0.2, 0.25) is 0 Å². The monoisotopic (exact) mass is 375 g/mol. The standard InChI is InChI=1S/C19H10BrN3O/c20-12-7-5-11(6-8-12)18-14-9-10-16-19(23-24-22-16)17(14)13-3-1-2-4-15(13)21-18/h1-10H. The molecule has 0 aliphatic rings. The van der Waals surface area contributed by atoms with Crippen molar-refractivity contribution in [2.75, 3.05) is 0 Å². The van der Waals surface area contributed by atoms with Gasteiger partial charge in [-0.25, -0.2) is 9.61 Å². The van der Waals surface area contributed by atoms with Crippen LogP contribution in [0.5, 0.6) is 0 Å². The van der Waals surface area contributed by atoms with Crippen LogP contribution in [0.1, 0.15) is 0 Å². The van der Waals surface area contributed by atoms with Gasteiger partial charge in [0.1, 0.15) is 11.0 Å². The minimum Gasteiger partial charge on any atom is -0.247 e. The average Bonchev–Trinajstić information content (AvgIpc) is 3.10. The second-order valence-corrected chi connectivity index (χ2v) is 6.52. The number of halogens is 1. The van der Waals surface area contributed by atoms with Crippen molar-refractivity contribution in [1.29, 1.82) is 0 Å². The summed E-state index contributed by atoms with van der Waals surface area (Å²) in [6.07, 6.45) is 0. The molecule has 4 nitrogen and oxygen atoms in total. The van der Waals surface area contributed by atoms with Gasteiger partial charge in [0, 0.05) is 26.2 Å². The van der Waals surface area contributed by atoms with E-state index >= 15 is 0 Å². The van der Waals surface area contributed by atoms with Crippen LogP contribution in [-0.4, -0.2) is 15.3 Å². The quantitative estimate of drug-likeness (QED) is 0.370. The van der Waals surface area contributed by atoms with Crippen molar-refractivity contribution in [1.82, 2.24) is 15.3 Å². The third-order valence-corrected chi connectivity index (χ3v) is 4.74. The van der Waals surface area contributed by atoms with Crippen LogP contribution in [0.25, 0.3) is 44.0 Å². The fourth-order valence-electron chi connectivity index (χ4n) is 3.11. The van der Waals surface area contributed by atoms with Gasteiger partial charge in [0.05, 0.1) is 11.2 Å². The van der Waals surface area contributed by atoms with E-state index in [9.17, 15) is 0 Å². The number of hydrogen-bond donors (Lipinski definition) is 0. The molecule has 0 atom stereocenters. The van der Waals surface area contributed by atoms with Crippen LogP contribution in [0, 0.1) is 0 Å². The van der Waals surface area contributed by atoms with Crippen molar-refractivity contribution in [2.24, 2.45) is 0 Å². The van der Waals surface area contributed by atoms with Crippen LogP contribution in [0.15, 0.2) is 69.8 Å². The summed E-state index contributed by atoms with van der Waals surface area (Å²) in [5.74, 6) is 0. The van der Waals surface area contributed by atoms with Crippen LogP contribution in [0.4, 0.5) is 0 Å². The summed E-state index contributed by atoms with van der Waals surface area (Å²) in [5, 5.41) is 11.2. The Morgan fingerprint density at radius 2 is 1.58 bits per heavy atom. The van der Waals surface area contributed by atoms with Crippen LogP contribution >= 0.6 is 15.9 Å². The number of pyridine rings is 1. The van der Waals surface area contributed by atoms with E-state index in [1.807, 2.05) is 42.5 Å². The molecule has 3 aromatic carbocycles. The van der Waals surface area contributed by atoms with Crippen LogP contribution in [0.3, 0.4) is 0 Å². The molecular weight excluding hydrogens is 366 g/mol. The van der Waals surface area contributed by atoms with Crippen molar-refractivity contribution in [2.45, 2.75) is 0 Å². The van der Waals surface area contributed by atoms with E-state index in [0.717, 1.165) is 48.4 Å². The maximum absolute atomic E-state index is 4.96. The highest BCUT2D eigenvalue weighted by Crippen LogP contribution is 2.36. The maximum atomic E-state index is 4.96. The van der Waals surface area contributed by atoms with E-state index in [-0.39, 0.29) is 0 Å². The zero-order valence-electron chi connectivity index (χ0n) is 12.4. The zero-order valence-corrected chi connectivity index (χ0v) is 14.0. The van der Waals surface area contributed by atoms with E-state index in [4.69, 9.17) is 9.61 Å². The van der Waals surface area contributed by atoms with E-state index in [1.54, 1.807) is 0 Å². The molecule has 0 radical (unpaired) electrons. The molecule has 0 aliphatic carbocycles. The van der Waals surface area contributed by atoms with E-state index in [0.29, 0.717) is 0 Å². The Hall–Kier alpha value is -2.79. The van der Waals surface area contributed by atoms with E-state index < -0.39 is 0 Å². The second kappa shape index (κ2) is 5.11. The Morgan fingerprint density at radius 3 is 2.46 bits per heavy atom. The summed E-state index contributed by atoms with van der Waals surface area (Å²) < 4.78 is 6.00. The highest BCUT2D eigenvalue weighted by Gasteiger charge is 2.15. The molecule has 5 rings (SSSR count). The lowest BCUT2D eigenvalue weighted by molar-refractivity contribution is 0.316. The van der Waals surface area contributed by atoms with Gasteiger partial charge >= 0.3 is 0 Å². The van der Waals surface area contributed by atoms with Crippen molar-refractivity contribution in [3.63, 3.8) is 0 Å². The molecule has 5 aromatic rings. The van der Waals surface area contributed by atoms with Crippen molar-refractivity contribution < 1.29 is 4.63 Å². The van der Waals surface area contributed by atoms with Gasteiger partial charge in [-0.3, -0.25) is 0 Å². The summed E-state index contributed by atoms with van der Waals surface area (Å²) in [6.45, 7) is 0. The Labute approximate surface area is 145 Å².